The molecule has 2 aromatic rings. The second-order valence-corrected chi connectivity index (χ2v) is 5.44. The number of hydrogen-bond acceptors (Lipinski definition) is 3. The van der Waals surface area contributed by atoms with Crippen molar-refractivity contribution >= 4 is 11.0 Å². The van der Waals surface area contributed by atoms with Gasteiger partial charge in [0, 0.05) is 19.2 Å². The number of β-amino-alcohol motifs (C(OH)–C–C–N with tert-alkyl or cyclic N) is 1. The molecule has 0 saturated carbocycles. The van der Waals surface area contributed by atoms with E-state index in [1.165, 1.54) is 12.1 Å². The van der Waals surface area contributed by atoms with Crippen LogP contribution in [-0.4, -0.2) is 38.8 Å². The van der Waals surface area contributed by atoms with E-state index in [2.05, 4.69) is 21.4 Å². The quantitative estimate of drug-likeness (QED) is 0.934. The van der Waals surface area contributed by atoms with Crippen molar-refractivity contribution < 1.29 is 9.50 Å². The van der Waals surface area contributed by atoms with Gasteiger partial charge in [-0.1, -0.05) is 0 Å². The number of aliphatic hydroxyl groups is 1. The van der Waals surface area contributed by atoms with E-state index in [-0.39, 0.29) is 11.9 Å². The Bertz CT molecular complexity index is 610. The van der Waals surface area contributed by atoms with Crippen LogP contribution in [0.2, 0.25) is 0 Å². The minimum absolute atomic E-state index is 0.236. The van der Waals surface area contributed by atoms with Gasteiger partial charge < -0.3 is 9.67 Å². The van der Waals surface area contributed by atoms with Gasteiger partial charge in [-0.2, -0.15) is 0 Å². The first-order chi connectivity index (χ1) is 9.67. The van der Waals surface area contributed by atoms with Gasteiger partial charge in [0.05, 0.1) is 23.7 Å². The molecule has 1 atom stereocenters. The van der Waals surface area contributed by atoms with Crippen molar-refractivity contribution in [1.29, 1.82) is 0 Å². The molecule has 1 unspecified atom stereocenters. The first-order valence-electron chi connectivity index (χ1n) is 7.22. The maximum atomic E-state index is 13.3. The minimum atomic E-state index is -0.252. The third kappa shape index (κ3) is 2.55. The summed E-state index contributed by atoms with van der Waals surface area (Å²) in [7, 11) is 0. The average Bonchev–Trinajstić information content (AvgIpc) is 2.74. The second kappa shape index (κ2) is 5.50. The number of halogens is 1. The third-order valence-electron chi connectivity index (χ3n) is 3.95. The number of aliphatic hydroxyl groups excluding tert-OH is 1. The third-order valence-corrected chi connectivity index (χ3v) is 3.95. The predicted molar refractivity (Wildman–Crippen MR) is 75.9 cm³/mol. The van der Waals surface area contributed by atoms with Crippen LogP contribution in [0.1, 0.15) is 25.6 Å². The van der Waals surface area contributed by atoms with Gasteiger partial charge in [-0.3, -0.25) is 4.90 Å². The molecule has 1 aromatic heterocycles. The standard InChI is InChI=1S/C15H20FN3O/c1-2-19-14-6-5-11(16)8-13(14)17-15(19)10-18-7-3-4-12(20)9-18/h5-6,8,12,20H,2-4,7,9-10H2,1H3. The highest BCUT2D eigenvalue weighted by Gasteiger charge is 2.20. The summed E-state index contributed by atoms with van der Waals surface area (Å²) in [4.78, 5) is 6.78. The van der Waals surface area contributed by atoms with Gasteiger partial charge in [-0.05, 0) is 38.4 Å². The maximum Gasteiger partial charge on any atom is 0.125 e. The Morgan fingerprint density at radius 3 is 3.05 bits per heavy atom. The van der Waals surface area contributed by atoms with E-state index in [0.29, 0.717) is 18.6 Å². The summed E-state index contributed by atoms with van der Waals surface area (Å²) in [6, 6.07) is 4.75. The molecule has 1 fully saturated rings. The summed E-state index contributed by atoms with van der Waals surface area (Å²) in [6.45, 7) is 5.27. The highest BCUT2D eigenvalue weighted by Crippen LogP contribution is 2.20. The highest BCUT2D eigenvalue weighted by molar-refractivity contribution is 5.76. The number of nitrogens with zero attached hydrogens (tertiary/aromatic N) is 3. The van der Waals surface area contributed by atoms with Crippen molar-refractivity contribution in [2.24, 2.45) is 0 Å². The zero-order valence-corrected chi connectivity index (χ0v) is 11.7. The van der Waals surface area contributed by atoms with Gasteiger partial charge >= 0.3 is 0 Å². The second-order valence-electron chi connectivity index (χ2n) is 5.44. The normalized spacial score (nSPS) is 20.6. The zero-order valence-electron chi connectivity index (χ0n) is 11.7. The number of hydrogen-bond donors (Lipinski definition) is 1. The summed E-state index contributed by atoms with van der Waals surface area (Å²) in [5, 5.41) is 9.74. The Labute approximate surface area is 117 Å². The Morgan fingerprint density at radius 1 is 1.45 bits per heavy atom. The van der Waals surface area contributed by atoms with Gasteiger partial charge in [0.15, 0.2) is 0 Å². The lowest BCUT2D eigenvalue weighted by Gasteiger charge is -2.29. The van der Waals surface area contributed by atoms with Crippen molar-refractivity contribution in [3.8, 4) is 0 Å². The van der Waals surface area contributed by atoms with Crippen molar-refractivity contribution in [3.63, 3.8) is 0 Å². The maximum absolute atomic E-state index is 13.3. The fraction of sp³-hybridized carbons (Fsp3) is 0.533. The smallest absolute Gasteiger partial charge is 0.125 e. The topological polar surface area (TPSA) is 41.3 Å². The Kier molecular flexibility index (Phi) is 3.72. The van der Waals surface area contributed by atoms with Crippen LogP contribution in [0.4, 0.5) is 4.39 Å². The summed E-state index contributed by atoms with van der Waals surface area (Å²) >= 11 is 0. The highest BCUT2D eigenvalue weighted by atomic mass is 19.1. The van der Waals surface area contributed by atoms with E-state index in [0.717, 1.165) is 37.3 Å². The lowest BCUT2D eigenvalue weighted by Crippen LogP contribution is -2.38. The first kappa shape index (κ1) is 13.5. The molecule has 0 amide bonds. The van der Waals surface area contributed by atoms with Crippen molar-refractivity contribution in [3.05, 3.63) is 29.8 Å². The van der Waals surface area contributed by atoms with Gasteiger partial charge in [0.25, 0.3) is 0 Å². The van der Waals surface area contributed by atoms with E-state index in [9.17, 15) is 9.50 Å². The summed E-state index contributed by atoms with van der Waals surface area (Å²) in [5.41, 5.74) is 1.68. The Balaban J connectivity index is 1.90. The number of rotatable bonds is 3. The molecule has 1 aromatic carbocycles. The molecular formula is C15H20FN3O. The fourth-order valence-corrected chi connectivity index (χ4v) is 3.00. The SMILES string of the molecule is CCn1c(CN2CCCC(O)C2)nc2cc(F)ccc21. The van der Waals surface area contributed by atoms with Crippen LogP contribution in [0.5, 0.6) is 0 Å². The van der Waals surface area contributed by atoms with E-state index in [1.54, 1.807) is 6.07 Å². The lowest BCUT2D eigenvalue weighted by molar-refractivity contribution is 0.0650. The molecule has 0 aliphatic carbocycles. The van der Waals surface area contributed by atoms with Gasteiger partial charge in [-0.15, -0.1) is 0 Å². The number of likely N-dealkylation sites (tertiary alicyclic amines) is 1. The number of fused-ring (bicyclic) bond motifs is 1. The van der Waals surface area contributed by atoms with Crippen LogP contribution >= 0.6 is 0 Å². The zero-order chi connectivity index (χ0) is 14.1. The molecular weight excluding hydrogens is 257 g/mol. The van der Waals surface area contributed by atoms with E-state index < -0.39 is 0 Å². The number of benzene rings is 1. The molecule has 0 spiro atoms. The number of aromatic nitrogens is 2. The van der Waals surface area contributed by atoms with Crippen molar-refractivity contribution in [1.82, 2.24) is 14.5 Å². The van der Waals surface area contributed by atoms with E-state index in [4.69, 9.17) is 0 Å². The van der Waals surface area contributed by atoms with Gasteiger partial charge in [0.2, 0.25) is 0 Å². The van der Waals surface area contributed by atoms with Crippen molar-refractivity contribution in [2.75, 3.05) is 13.1 Å². The molecule has 20 heavy (non-hydrogen) atoms. The van der Waals surface area contributed by atoms with Crippen LogP contribution in [0, 0.1) is 5.82 Å². The largest absolute Gasteiger partial charge is 0.392 e. The Hall–Kier alpha value is -1.46. The van der Waals surface area contributed by atoms with Gasteiger partial charge in [-0.25, -0.2) is 9.37 Å². The molecule has 0 bridgehead atoms. The fourth-order valence-electron chi connectivity index (χ4n) is 3.00. The number of imidazole rings is 1. The molecule has 2 heterocycles. The molecule has 1 N–H and O–H groups in total. The van der Waals surface area contributed by atoms with Crippen LogP contribution in [0.15, 0.2) is 18.2 Å². The lowest BCUT2D eigenvalue weighted by atomic mass is 10.1. The summed E-state index contributed by atoms with van der Waals surface area (Å²) in [6.07, 6.45) is 1.66. The van der Waals surface area contributed by atoms with Crippen LogP contribution in [0.3, 0.4) is 0 Å². The van der Waals surface area contributed by atoms with E-state index in [1.807, 2.05) is 0 Å². The summed E-state index contributed by atoms with van der Waals surface area (Å²) in [5.74, 6) is 0.695. The molecule has 4 nitrogen and oxygen atoms in total. The number of aryl methyl sites for hydroxylation is 1. The first-order valence-corrected chi connectivity index (χ1v) is 7.22. The molecule has 3 rings (SSSR count). The molecule has 0 radical (unpaired) electrons. The monoisotopic (exact) mass is 277 g/mol. The van der Waals surface area contributed by atoms with Crippen LogP contribution < -0.4 is 0 Å². The molecule has 5 heteroatoms. The molecule has 1 saturated heterocycles. The average molecular weight is 277 g/mol. The predicted octanol–water partition coefficient (Wildman–Crippen LogP) is 2.15. The minimum Gasteiger partial charge on any atom is -0.392 e. The molecule has 1 aliphatic rings. The van der Waals surface area contributed by atoms with Crippen LogP contribution in [-0.2, 0) is 13.1 Å². The van der Waals surface area contributed by atoms with E-state index >= 15 is 0 Å². The van der Waals surface area contributed by atoms with Crippen LogP contribution in [0.25, 0.3) is 11.0 Å². The van der Waals surface area contributed by atoms with Crippen molar-refractivity contribution in [2.45, 2.75) is 39.0 Å². The summed E-state index contributed by atoms with van der Waals surface area (Å²) < 4.78 is 15.4. The molecule has 1 aliphatic heterocycles. The molecule has 108 valence electrons. The number of piperidine rings is 1. The Morgan fingerprint density at radius 2 is 2.30 bits per heavy atom. The van der Waals surface area contributed by atoms with Gasteiger partial charge in [0.1, 0.15) is 11.6 Å².